The third-order valence-electron chi connectivity index (χ3n) is 6.33. The van der Waals surface area contributed by atoms with E-state index in [2.05, 4.69) is 15.1 Å². The number of nitrogens with zero attached hydrogens (tertiary/aromatic N) is 2. The van der Waals surface area contributed by atoms with Crippen molar-refractivity contribution >= 4 is 28.8 Å². The monoisotopic (exact) mass is 562 g/mol. The van der Waals surface area contributed by atoms with Crippen LogP contribution in [0.15, 0.2) is 18.2 Å². The second kappa shape index (κ2) is 12.6. The van der Waals surface area contributed by atoms with Crippen molar-refractivity contribution in [2.24, 2.45) is 5.92 Å². The van der Waals surface area contributed by atoms with Gasteiger partial charge in [0.1, 0.15) is 5.75 Å². The van der Waals surface area contributed by atoms with Gasteiger partial charge in [0.2, 0.25) is 11.3 Å². The number of aliphatic hydroxyl groups is 1. The maximum absolute atomic E-state index is 13.2. The molecule has 3 rings (SSSR count). The number of carbonyl (C=O) groups excluding carboxylic acids is 1. The number of benzene rings is 1. The van der Waals surface area contributed by atoms with Crippen LogP contribution in [0.4, 0.5) is 8.78 Å². The van der Waals surface area contributed by atoms with Crippen molar-refractivity contribution in [3.63, 3.8) is 0 Å². The molecular formula is C24H33ClF2N4O5S. The van der Waals surface area contributed by atoms with E-state index in [1.807, 2.05) is 19.9 Å². The molecule has 1 aromatic carbocycles. The molecule has 1 atom stereocenters. The smallest absolute Gasteiger partial charge is 0.387 e. The van der Waals surface area contributed by atoms with Crippen molar-refractivity contribution in [2.75, 3.05) is 6.54 Å². The van der Waals surface area contributed by atoms with Crippen LogP contribution in [-0.2, 0) is 24.2 Å². The zero-order chi connectivity index (χ0) is 27.3. The number of alkyl halides is 2. The lowest BCUT2D eigenvalue weighted by Gasteiger charge is -2.35. The molecule has 13 heteroatoms. The van der Waals surface area contributed by atoms with E-state index < -0.39 is 29.4 Å². The van der Waals surface area contributed by atoms with Crippen LogP contribution in [-0.4, -0.2) is 54.4 Å². The van der Waals surface area contributed by atoms with Crippen molar-refractivity contribution in [3.8, 4) is 17.0 Å². The Kier molecular flexibility index (Phi) is 10.0. The van der Waals surface area contributed by atoms with Gasteiger partial charge >= 0.3 is 6.61 Å². The summed E-state index contributed by atoms with van der Waals surface area (Å²) in [6.45, 7) is 3.03. The zero-order valence-corrected chi connectivity index (χ0v) is 22.5. The molecule has 0 saturated heterocycles. The standard InChI is InChI=1S/C24H33ClF2N4O5S/c1-4-31-21(17-6-5-15(11-14(2)3)12-18(17)36-23(26)27)19(25)20(29-31)22(32)28-13-24(33)9-7-16(8-10-24)30-37(34)35/h5-6,12,14,16,23,30,33H,4,7-11,13H2,1-3H3,(H,28,32)(H,34,35). The minimum atomic E-state index is -3.05. The molecule has 0 radical (unpaired) electrons. The Morgan fingerprint density at radius 2 is 2.03 bits per heavy atom. The predicted octanol–water partition coefficient (Wildman–Crippen LogP) is 4.15. The maximum atomic E-state index is 13.2. The molecule has 0 bridgehead atoms. The average molecular weight is 563 g/mol. The summed E-state index contributed by atoms with van der Waals surface area (Å²) >= 11 is 4.45. The topological polar surface area (TPSA) is 126 Å². The van der Waals surface area contributed by atoms with E-state index in [-0.39, 0.29) is 40.3 Å². The number of nitrogens with one attached hydrogen (secondary N) is 2. The largest absolute Gasteiger partial charge is 0.434 e. The molecule has 4 N–H and O–H groups in total. The molecule has 0 spiro atoms. The fourth-order valence-electron chi connectivity index (χ4n) is 4.55. The molecule has 1 heterocycles. The van der Waals surface area contributed by atoms with Crippen LogP contribution in [0, 0.1) is 5.92 Å². The Bertz CT molecular complexity index is 1120. The molecule has 9 nitrogen and oxygen atoms in total. The first-order valence-corrected chi connectivity index (χ1v) is 13.6. The Labute approximate surface area is 222 Å². The van der Waals surface area contributed by atoms with Crippen molar-refractivity contribution in [1.29, 1.82) is 0 Å². The highest BCUT2D eigenvalue weighted by molar-refractivity contribution is 7.77. The number of aryl methyl sites for hydroxylation is 1. The van der Waals surface area contributed by atoms with Gasteiger partial charge in [-0.2, -0.15) is 13.9 Å². The minimum absolute atomic E-state index is 0.0135. The summed E-state index contributed by atoms with van der Waals surface area (Å²) in [4.78, 5) is 13.0. The van der Waals surface area contributed by atoms with E-state index >= 15 is 0 Å². The molecule has 1 aromatic heterocycles. The van der Waals surface area contributed by atoms with Crippen LogP contribution in [0.1, 0.15) is 62.5 Å². The van der Waals surface area contributed by atoms with Gasteiger partial charge < -0.3 is 15.2 Å². The summed E-state index contributed by atoms with van der Waals surface area (Å²) in [5.41, 5.74) is 0.120. The zero-order valence-electron chi connectivity index (χ0n) is 21.0. The van der Waals surface area contributed by atoms with Gasteiger partial charge in [-0.3, -0.25) is 14.0 Å². The first kappa shape index (κ1) is 29.4. The van der Waals surface area contributed by atoms with Crippen molar-refractivity contribution in [2.45, 2.75) is 77.7 Å². The van der Waals surface area contributed by atoms with E-state index in [1.54, 1.807) is 19.1 Å². The molecule has 37 heavy (non-hydrogen) atoms. The minimum Gasteiger partial charge on any atom is -0.434 e. The molecule has 1 amide bonds. The Morgan fingerprint density at radius 3 is 2.59 bits per heavy atom. The average Bonchev–Trinajstić information content (AvgIpc) is 3.14. The second-order valence-electron chi connectivity index (χ2n) is 9.68. The summed E-state index contributed by atoms with van der Waals surface area (Å²) in [5.74, 6) is -0.360. The molecule has 1 aliphatic carbocycles. The number of rotatable bonds is 11. The lowest BCUT2D eigenvalue weighted by Crippen LogP contribution is -2.48. The summed E-state index contributed by atoms with van der Waals surface area (Å²) in [5, 5.41) is 17.8. The van der Waals surface area contributed by atoms with E-state index in [9.17, 15) is 22.9 Å². The number of halogens is 3. The molecule has 2 aromatic rings. The predicted molar refractivity (Wildman–Crippen MR) is 137 cm³/mol. The summed E-state index contributed by atoms with van der Waals surface area (Å²) in [6.07, 6.45) is 2.25. The Balaban J connectivity index is 1.82. The second-order valence-corrected chi connectivity index (χ2v) is 10.8. The number of amides is 1. The Hall–Kier alpha value is -2.12. The van der Waals surface area contributed by atoms with Gasteiger partial charge in [-0.1, -0.05) is 31.5 Å². The van der Waals surface area contributed by atoms with Gasteiger partial charge in [0.25, 0.3) is 5.91 Å². The fourth-order valence-corrected chi connectivity index (χ4v) is 5.39. The number of hydrogen-bond donors (Lipinski definition) is 4. The third kappa shape index (κ3) is 7.70. The van der Waals surface area contributed by atoms with Gasteiger partial charge in [-0.25, -0.2) is 8.93 Å². The molecule has 206 valence electrons. The lowest BCUT2D eigenvalue weighted by molar-refractivity contribution is -0.0495. The Morgan fingerprint density at radius 1 is 1.35 bits per heavy atom. The van der Waals surface area contributed by atoms with E-state index in [4.69, 9.17) is 20.9 Å². The van der Waals surface area contributed by atoms with Crippen molar-refractivity contribution in [3.05, 3.63) is 34.5 Å². The van der Waals surface area contributed by atoms with Crippen molar-refractivity contribution < 1.29 is 32.2 Å². The normalized spacial score (nSPS) is 20.9. The van der Waals surface area contributed by atoms with Gasteiger partial charge in [-0.15, -0.1) is 0 Å². The number of ether oxygens (including phenoxy) is 1. The van der Waals surface area contributed by atoms with Crippen LogP contribution in [0.2, 0.25) is 5.02 Å². The summed E-state index contributed by atoms with van der Waals surface area (Å²) in [7, 11) is 0. The fraction of sp³-hybridized carbons (Fsp3) is 0.583. The van der Waals surface area contributed by atoms with Crippen molar-refractivity contribution in [1.82, 2.24) is 19.8 Å². The SMILES string of the molecule is CCn1nc(C(=O)NCC2(O)CCC(NS(=O)O)CC2)c(Cl)c1-c1ccc(CC(C)C)cc1OC(F)F. The molecule has 1 aliphatic rings. The highest BCUT2D eigenvalue weighted by atomic mass is 35.5. The first-order valence-electron chi connectivity index (χ1n) is 12.1. The van der Waals surface area contributed by atoms with E-state index in [1.165, 1.54) is 4.68 Å². The van der Waals surface area contributed by atoms with Gasteiger partial charge in [0, 0.05) is 24.7 Å². The summed E-state index contributed by atoms with van der Waals surface area (Å²) < 4.78 is 55.2. The molecular weight excluding hydrogens is 530 g/mol. The molecule has 1 unspecified atom stereocenters. The number of carbonyl (C=O) groups is 1. The number of aromatic nitrogens is 2. The molecule has 1 saturated carbocycles. The van der Waals surface area contributed by atoms with Gasteiger partial charge in [0.15, 0.2) is 5.69 Å². The van der Waals surface area contributed by atoms with E-state index in [0.717, 1.165) is 5.56 Å². The van der Waals surface area contributed by atoms with Crippen LogP contribution in [0.3, 0.4) is 0 Å². The maximum Gasteiger partial charge on any atom is 0.387 e. The van der Waals surface area contributed by atoms with Gasteiger partial charge in [0.05, 0.1) is 16.3 Å². The van der Waals surface area contributed by atoms with E-state index in [0.29, 0.717) is 44.6 Å². The summed E-state index contributed by atoms with van der Waals surface area (Å²) in [6, 6.07) is 4.80. The van der Waals surface area contributed by atoms with Crippen LogP contribution >= 0.6 is 11.6 Å². The van der Waals surface area contributed by atoms with Crippen LogP contribution < -0.4 is 14.8 Å². The van der Waals surface area contributed by atoms with Crippen LogP contribution in [0.5, 0.6) is 5.75 Å². The highest BCUT2D eigenvalue weighted by Gasteiger charge is 2.35. The molecule has 1 fully saturated rings. The molecule has 0 aliphatic heterocycles. The van der Waals surface area contributed by atoms with Gasteiger partial charge in [-0.05, 0) is 62.6 Å². The first-order chi connectivity index (χ1) is 17.4. The lowest BCUT2D eigenvalue weighted by atomic mass is 9.82. The quantitative estimate of drug-likeness (QED) is 0.305. The van der Waals surface area contributed by atoms with Crippen LogP contribution in [0.25, 0.3) is 11.3 Å². The third-order valence-corrected chi connectivity index (χ3v) is 7.23. The number of hydrogen-bond acceptors (Lipinski definition) is 5. The highest BCUT2D eigenvalue weighted by Crippen LogP contribution is 2.38.